The summed E-state index contributed by atoms with van der Waals surface area (Å²) in [5, 5.41) is 9.48. The molecular formula is C15H17NO4. The Labute approximate surface area is 117 Å². The number of phenols is 1. The molecule has 2 rings (SSSR count). The third-order valence-electron chi connectivity index (χ3n) is 3.21. The zero-order valence-corrected chi connectivity index (χ0v) is 11.3. The lowest BCUT2D eigenvalue weighted by Crippen LogP contribution is -2.39. The van der Waals surface area contributed by atoms with Crippen LogP contribution in [0.25, 0.3) is 6.08 Å². The third kappa shape index (κ3) is 3.17. The van der Waals surface area contributed by atoms with Crippen LogP contribution in [0, 0.1) is 0 Å². The average molecular weight is 275 g/mol. The van der Waals surface area contributed by atoms with Crippen molar-refractivity contribution in [3.05, 3.63) is 29.8 Å². The molecule has 1 aromatic rings. The summed E-state index contributed by atoms with van der Waals surface area (Å²) in [6.07, 6.45) is 5.12. The molecule has 0 radical (unpaired) electrons. The molecule has 0 atom stereocenters. The number of amides is 2. The molecule has 1 aliphatic heterocycles. The molecule has 1 aliphatic rings. The summed E-state index contributed by atoms with van der Waals surface area (Å²) < 4.78 is 4.99. The molecule has 0 saturated carbocycles. The highest BCUT2D eigenvalue weighted by Crippen LogP contribution is 2.26. The Hall–Kier alpha value is -2.30. The van der Waals surface area contributed by atoms with Crippen LogP contribution in [0.4, 0.5) is 0 Å². The van der Waals surface area contributed by atoms with E-state index in [-0.39, 0.29) is 17.6 Å². The second-order valence-corrected chi connectivity index (χ2v) is 4.61. The highest BCUT2D eigenvalue weighted by molar-refractivity contribution is 6.03. The first-order valence-corrected chi connectivity index (χ1v) is 6.51. The minimum Gasteiger partial charge on any atom is -0.504 e. The van der Waals surface area contributed by atoms with Crippen LogP contribution in [0.3, 0.4) is 0 Å². The number of methoxy groups -OCH3 is 1. The average Bonchev–Trinajstić information content (AvgIpc) is 2.46. The van der Waals surface area contributed by atoms with Crippen molar-refractivity contribution in [3.63, 3.8) is 0 Å². The van der Waals surface area contributed by atoms with Gasteiger partial charge in [-0.2, -0.15) is 0 Å². The molecule has 1 fully saturated rings. The lowest BCUT2D eigenvalue weighted by atomic mass is 10.1. The van der Waals surface area contributed by atoms with Crippen LogP contribution in [0.2, 0.25) is 0 Å². The van der Waals surface area contributed by atoms with Crippen LogP contribution in [-0.2, 0) is 9.59 Å². The molecule has 0 bridgehead atoms. The predicted molar refractivity (Wildman–Crippen MR) is 74.3 cm³/mol. The topological polar surface area (TPSA) is 66.8 Å². The van der Waals surface area contributed by atoms with E-state index in [0.717, 1.165) is 18.4 Å². The van der Waals surface area contributed by atoms with Gasteiger partial charge in [0.15, 0.2) is 11.5 Å². The van der Waals surface area contributed by atoms with Gasteiger partial charge in [0.2, 0.25) is 5.91 Å². The van der Waals surface area contributed by atoms with Gasteiger partial charge in [-0.1, -0.05) is 6.07 Å². The van der Waals surface area contributed by atoms with Crippen LogP contribution in [0.15, 0.2) is 24.3 Å². The molecule has 2 amide bonds. The van der Waals surface area contributed by atoms with Gasteiger partial charge in [-0.05, 0) is 36.6 Å². The van der Waals surface area contributed by atoms with Gasteiger partial charge < -0.3 is 9.84 Å². The van der Waals surface area contributed by atoms with Gasteiger partial charge in [-0.15, -0.1) is 0 Å². The van der Waals surface area contributed by atoms with Gasteiger partial charge in [0.1, 0.15) is 0 Å². The summed E-state index contributed by atoms with van der Waals surface area (Å²) >= 11 is 0. The number of rotatable bonds is 3. The van der Waals surface area contributed by atoms with E-state index in [9.17, 15) is 14.7 Å². The number of imide groups is 1. The quantitative estimate of drug-likeness (QED) is 0.856. The summed E-state index contributed by atoms with van der Waals surface area (Å²) in [6, 6.07) is 4.78. The molecule has 5 nitrogen and oxygen atoms in total. The number of nitrogens with zero attached hydrogens (tertiary/aromatic N) is 1. The fourth-order valence-corrected chi connectivity index (χ4v) is 2.09. The van der Waals surface area contributed by atoms with Crippen LogP contribution < -0.4 is 4.74 Å². The molecule has 0 aromatic heterocycles. The number of ether oxygens (including phenoxy) is 1. The third-order valence-corrected chi connectivity index (χ3v) is 3.21. The smallest absolute Gasteiger partial charge is 0.253 e. The Bertz CT molecular complexity index is 551. The maximum absolute atomic E-state index is 11.9. The van der Waals surface area contributed by atoms with E-state index in [1.165, 1.54) is 24.2 Å². The predicted octanol–water partition coefficient (Wildman–Crippen LogP) is 1.95. The van der Waals surface area contributed by atoms with Gasteiger partial charge in [-0.3, -0.25) is 14.5 Å². The van der Waals surface area contributed by atoms with Crippen LogP contribution >= 0.6 is 0 Å². The highest BCUT2D eigenvalue weighted by Gasteiger charge is 2.22. The van der Waals surface area contributed by atoms with E-state index >= 15 is 0 Å². The van der Waals surface area contributed by atoms with Crippen molar-refractivity contribution in [1.29, 1.82) is 0 Å². The molecule has 0 unspecified atom stereocenters. The number of aromatic hydroxyl groups is 1. The minimum absolute atomic E-state index is 0.0437. The Morgan fingerprint density at radius 1 is 1.40 bits per heavy atom. The van der Waals surface area contributed by atoms with E-state index in [2.05, 4.69) is 0 Å². The molecule has 0 spiro atoms. The summed E-state index contributed by atoms with van der Waals surface area (Å²) in [5.41, 5.74) is 0.720. The number of piperidine rings is 1. The second-order valence-electron chi connectivity index (χ2n) is 4.61. The fourth-order valence-electron chi connectivity index (χ4n) is 2.09. The number of carbonyl (C=O) groups is 2. The van der Waals surface area contributed by atoms with Crippen molar-refractivity contribution >= 4 is 17.9 Å². The molecule has 1 saturated heterocycles. The Morgan fingerprint density at radius 3 is 2.90 bits per heavy atom. The SMILES string of the molecule is COc1cc(/C=C/C(=O)N2CCCCC2=O)ccc1O. The fraction of sp³-hybridized carbons (Fsp3) is 0.333. The van der Waals surface area contributed by atoms with E-state index in [4.69, 9.17) is 4.74 Å². The first-order valence-electron chi connectivity index (χ1n) is 6.51. The van der Waals surface area contributed by atoms with Gasteiger partial charge in [0.25, 0.3) is 5.91 Å². The maximum Gasteiger partial charge on any atom is 0.253 e. The van der Waals surface area contributed by atoms with E-state index in [1.807, 2.05) is 0 Å². The van der Waals surface area contributed by atoms with Crippen molar-refractivity contribution in [2.75, 3.05) is 13.7 Å². The Kier molecular flexibility index (Phi) is 4.40. The zero-order chi connectivity index (χ0) is 14.5. The van der Waals surface area contributed by atoms with E-state index in [0.29, 0.717) is 18.7 Å². The number of carbonyl (C=O) groups excluding carboxylic acids is 2. The molecule has 1 N–H and O–H groups in total. The minimum atomic E-state index is -0.304. The number of benzene rings is 1. The van der Waals surface area contributed by atoms with Gasteiger partial charge >= 0.3 is 0 Å². The van der Waals surface area contributed by atoms with Crippen molar-refractivity contribution in [1.82, 2.24) is 4.90 Å². The van der Waals surface area contributed by atoms with Gasteiger partial charge in [0.05, 0.1) is 7.11 Å². The van der Waals surface area contributed by atoms with Crippen LogP contribution in [0.1, 0.15) is 24.8 Å². The van der Waals surface area contributed by atoms with Crippen LogP contribution in [0.5, 0.6) is 11.5 Å². The molecule has 1 aromatic carbocycles. The number of hydrogen-bond donors (Lipinski definition) is 1. The van der Waals surface area contributed by atoms with Gasteiger partial charge in [0, 0.05) is 19.0 Å². The summed E-state index contributed by atoms with van der Waals surface area (Å²) in [5.74, 6) is -0.0354. The normalized spacial score (nSPS) is 15.7. The summed E-state index contributed by atoms with van der Waals surface area (Å²) in [4.78, 5) is 24.8. The summed E-state index contributed by atoms with van der Waals surface area (Å²) in [6.45, 7) is 0.487. The molecule has 1 heterocycles. The van der Waals surface area contributed by atoms with Crippen molar-refractivity contribution in [2.24, 2.45) is 0 Å². The van der Waals surface area contributed by atoms with Crippen molar-refractivity contribution in [2.45, 2.75) is 19.3 Å². The lowest BCUT2D eigenvalue weighted by molar-refractivity contribution is -0.143. The number of likely N-dealkylation sites (tertiary alicyclic amines) is 1. The first kappa shape index (κ1) is 14.1. The maximum atomic E-state index is 11.9. The van der Waals surface area contributed by atoms with Crippen molar-refractivity contribution in [3.8, 4) is 11.5 Å². The first-order chi connectivity index (χ1) is 9.61. The zero-order valence-electron chi connectivity index (χ0n) is 11.3. The summed E-state index contributed by atoms with van der Waals surface area (Å²) in [7, 11) is 1.46. The second kappa shape index (κ2) is 6.23. The molecule has 0 aliphatic carbocycles. The molecule has 20 heavy (non-hydrogen) atoms. The Morgan fingerprint density at radius 2 is 2.20 bits per heavy atom. The molecule has 106 valence electrons. The van der Waals surface area contributed by atoms with E-state index in [1.54, 1.807) is 18.2 Å². The number of hydrogen-bond acceptors (Lipinski definition) is 4. The highest BCUT2D eigenvalue weighted by atomic mass is 16.5. The monoisotopic (exact) mass is 275 g/mol. The molecular weight excluding hydrogens is 258 g/mol. The standard InChI is InChI=1S/C15H17NO4/c1-20-13-10-11(5-7-12(13)17)6-8-15(19)16-9-3-2-4-14(16)18/h5-8,10,17H,2-4,9H2,1H3/b8-6+. The van der Waals surface area contributed by atoms with Crippen LogP contribution in [-0.4, -0.2) is 35.5 Å². The van der Waals surface area contributed by atoms with Gasteiger partial charge in [-0.25, -0.2) is 0 Å². The Balaban J connectivity index is 2.08. The largest absolute Gasteiger partial charge is 0.504 e. The molecule has 5 heteroatoms. The number of phenolic OH excluding ortho intramolecular Hbond substituents is 1. The lowest BCUT2D eigenvalue weighted by Gasteiger charge is -2.23. The van der Waals surface area contributed by atoms with E-state index < -0.39 is 0 Å². The van der Waals surface area contributed by atoms with Crippen molar-refractivity contribution < 1.29 is 19.4 Å².